The van der Waals surface area contributed by atoms with Gasteiger partial charge in [0, 0.05) is 44.0 Å². The smallest absolute Gasteiger partial charge is 0.0973 e. The van der Waals surface area contributed by atoms with Gasteiger partial charge in [-0.25, -0.2) is 9.97 Å². The number of aromatic nitrogens is 4. The first-order chi connectivity index (χ1) is 26.8. The second kappa shape index (κ2) is 12.1. The first-order valence-corrected chi connectivity index (χ1v) is 18.3. The Bertz CT molecular complexity index is 3180. The van der Waals surface area contributed by atoms with E-state index < -0.39 is 0 Å². The molecule has 3 aromatic heterocycles. The van der Waals surface area contributed by atoms with Crippen molar-refractivity contribution in [3.63, 3.8) is 0 Å². The largest absolute Gasteiger partial charge is 0.309 e. The van der Waals surface area contributed by atoms with Crippen molar-refractivity contribution in [3.05, 3.63) is 194 Å². The number of hydrogen-bond donors (Lipinski definition) is 0. The van der Waals surface area contributed by atoms with Gasteiger partial charge in [0.15, 0.2) is 0 Å². The van der Waals surface area contributed by atoms with Crippen LogP contribution < -0.4 is 0 Å². The van der Waals surface area contributed by atoms with Crippen molar-refractivity contribution >= 4 is 54.6 Å². The maximum Gasteiger partial charge on any atom is 0.0973 e. The van der Waals surface area contributed by atoms with Crippen molar-refractivity contribution < 1.29 is 0 Å². The van der Waals surface area contributed by atoms with Gasteiger partial charge in [0.25, 0.3) is 0 Å². The lowest BCUT2D eigenvalue weighted by atomic mass is 10.0. The molecule has 4 heteroatoms. The van der Waals surface area contributed by atoms with Gasteiger partial charge in [0.2, 0.25) is 0 Å². The van der Waals surface area contributed by atoms with Gasteiger partial charge < -0.3 is 9.13 Å². The van der Waals surface area contributed by atoms with Crippen molar-refractivity contribution in [2.75, 3.05) is 0 Å². The van der Waals surface area contributed by atoms with Crippen LogP contribution in [0.3, 0.4) is 0 Å². The van der Waals surface area contributed by atoms with E-state index >= 15 is 0 Å². The fourth-order valence-electron chi connectivity index (χ4n) is 8.20. The van der Waals surface area contributed by atoms with Crippen molar-refractivity contribution in [3.8, 4) is 45.0 Å². The molecule has 0 aliphatic heterocycles. The molecule has 11 aromatic rings. The molecule has 0 fully saturated rings. The highest BCUT2D eigenvalue weighted by molar-refractivity contribution is 6.19. The normalized spacial score (nSPS) is 11.7. The summed E-state index contributed by atoms with van der Waals surface area (Å²) in [6.07, 6.45) is 0. The topological polar surface area (TPSA) is 35.6 Å². The number of nitrogens with zero attached hydrogens (tertiary/aromatic N) is 4. The second-order valence-electron chi connectivity index (χ2n) is 13.8. The molecule has 0 atom stereocenters. The molecule has 0 N–H and O–H groups in total. The Morgan fingerprint density at radius 1 is 0.278 bits per heavy atom. The van der Waals surface area contributed by atoms with Gasteiger partial charge in [-0.1, -0.05) is 133 Å². The van der Waals surface area contributed by atoms with E-state index in [2.05, 4.69) is 191 Å². The molecule has 54 heavy (non-hydrogen) atoms. The summed E-state index contributed by atoms with van der Waals surface area (Å²) in [6.45, 7) is 0. The van der Waals surface area contributed by atoms with Crippen LogP contribution in [0.2, 0.25) is 0 Å². The summed E-state index contributed by atoms with van der Waals surface area (Å²) in [4.78, 5) is 10.5. The fourth-order valence-corrected chi connectivity index (χ4v) is 8.20. The van der Waals surface area contributed by atoms with Crippen LogP contribution in [-0.4, -0.2) is 19.1 Å². The third-order valence-corrected chi connectivity index (χ3v) is 10.7. The first kappa shape index (κ1) is 30.3. The van der Waals surface area contributed by atoms with Crippen LogP contribution in [0.1, 0.15) is 0 Å². The number of rotatable bonds is 5. The molecule has 252 valence electrons. The summed E-state index contributed by atoms with van der Waals surface area (Å²) < 4.78 is 4.79. The van der Waals surface area contributed by atoms with Gasteiger partial charge >= 0.3 is 0 Å². The molecule has 0 bridgehead atoms. The van der Waals surface area contributed by atoms with E-state index in [-0.39, 0.29) is 0 Å². The summed E-state index contributed by atoms with van der Waals surface area (Å²) in [7, 11) is 0. The van der Waals surface area contributed by atoms with Crippen LogP contribution in [0.5, 0.6) is 0 Å². The number of hydrogen-bond acceptors (Lipinski definition) is 2. The lowest BCUT2D eigenvalue weighted by molar-refractivity contribution is 1.17. The van der Waals surface area contributed by atoms with Gasteiger partial charge in [-0.2, -0.15) is 0 Å². The fraction of sp³-hybridized carbons (Fsp3) is 0. The number of fused-ring (bicyclic) bond motifs is 7. The molecular formula is C50H32N4. The molecule has 0 saturated heterocycles. The predicted octanol–water partition coefficient (Wildman–Crippen LogP) is 12.8. The lowest BCUT2D eigenvalue weighted by Crippen LogP contribution is -1.97. The maximum absolute atomic E-state index is 5.27. The van der Waals surface area contributed by atoms with Crippen molar-refractivity contribution in [2.24, 2.45) is 0 Å². The minimum Gasteiger partial charge on any atom is -0.309 e. The number of benzene rings is 8. The minimum atomic E-state index is 0.866. The molecule has 0 saturated carbocycles. The van der Waals surface area contributed by atoms with E-state index in [0.29, 0.717) is 0 Å². The molecule has 0 aliphatic rings. The summed E-state index contributed by atoms with van der Waals surface area (Å²) in [5.74, 6) is 0. The zero-order chi connectivity index (χ0) is 35.6. The van der Waals surface area contributed by atoms with Crippen molar-refractivity contribution in [2.45, 2.75) is 0 Å². The van der Waals surface area contributed by atoms with E-state index in [4.69, 9.17) is 9.97 Å². The lowest BCUT2D eigenvalue weighted by Gasteiger charge is -2.13. The highest BCUT2D eigenvalue weighted by Crippen LogP contribution is 2.40. The van der Waals surface area contributed by atoms with E-state index in [1.54, 1.807) is 0 Å². The monoisotopic (exact) mass is 688 g/mol. The Labute approximate surface area is 311 Å². The standard InChI is InChI=1S/C50H32N4/c1-4-14-33(15-5-1)36-26-29-43-44(30-36)52-49(34-16-6-2-7-17-34)50(51-43)35-24-27-38(28-25-35)54-46-23-13-11-21-40(46)42-31-47-41(32-48(42)54)39-20-10-12-22-45(39)53(47)37-18-8-3-9-19-37/h1-32H. The zero-order valence-electron chi connectivity index (χ0n) is 29.3. The van der Waals surface area contributed by atoms with Crippen LogP contribution in [0, 0.1) is 0 Å². The Balaban J connectivity index is 1.09. The third-order valence-electron chi connectivity index (χ3n) is 10.7. The molecule has 4 nitrogen and oxygen atoms in total. The van der Waals surface area contributed by atoms with Gasteiger partial charge in [0.05, 0.1) is 44.5 Å². The predicted molar refractivity (Wildman–Crippen MR) is 225 cm³/mol. The molecule has 0 spiro atoms. The number of para-hydroxylation sites is 3. The molecule has 0 aliphatic carbocycles. The van der Waals surface area contributed by atoms with Crippen LogP contribution >= 0.6 is 0 Å². The van der Waals surface area contributed by atoms with Crippen LogP contribution in [0.25, 0.3) is 99.7 Å². The minimum absolute atomic E-state index is 0.866. The first-order valence-electron chi connectivity index (χ1n) is 18.3. The second-order valence-corrected chi connectivity index (χ2v) is 13.8. The summed E-state index contributed by atoms with van der Waals surface area (Å²) in [6, 6.07) is 68.9. The molecule has 8 aromatic carbocycles. The van der Waals surface area contributed by atoms with Crippen molar-refractivity contribution in [1.29, 1.82) is 0 Å². The van der Waals surface area contributed by atoms with Gasteiger partial charge in [-0.15, -0.1) is 0 Å². The van der Waals surface area contributed by atoms with Gasteiger partial charge in [-0.05, 0) is 71.8 Å². The molecule has 0 amide bonds. The van der Waals surface area contributed by atoms with E-state index in [1.807, 2.05) is 12.1 Å². The summed E-state index contributed by atoms with van der Waals surface area (Å²) >= 11 is 0. The Hall–Kier alpha value is -7.30. The Morgan fingerprint density at radius 2 is 0.722 bits per heavy atom. The average Bonchev–Trinajstić information content (AvgIpc) is 3.75. The molecule has 11 rings (SSSR count). The highest BCUT2D eigenvalue weighted by atomic mass is 15.0. The van der Waals surface area contributed by atoms with Crippen LogP contribution in [0.4, 0.5) is 0 Å². The average molecular weight is 689 g/mol. The summed E-state index contributed by atoms with van der Waals surface area (Å²) in [5.41, 5.74) is 14.8. The highest BCUT2D eigenvalue weighted by Gasteiger charge is 2.19. The van der Waals surface area contributed by atoms with E-state index in [9.17, 15) is 0 Å². The Kier molecular flexibility index (Phi) is 6.82. The van der Waals surface area contributed by atoms with Crippen LogP contribution in [0.15, 0.2) is 194 Å². The maximum atomic E-state index is 5.27. The van der Waals surface area contributed by atoms with E-state index in [1.165, 1.54) is 43.6 Å². The molecule has 0 unspecified atom stereocenters. The van der Waals surface area contributed by atoms with Gasteiger partial charge in [0.1, 0.15) is 0 Å². The Morgan fingerprint density at radius 3 is 1.31 bits per heavy atom. The zero-order valence-corrected chi connectivity index (χ0v) is 29.3. The summed E-state index contributed by atoms with van der Waals surface area (Å²) in [5, 5.41) is 4.93. The molecule has 0 radical (unpaired) electrons. The van der Waals surface area contributed by atoms with Crippen LogP contribution in [-0.2, 0) is 0 Å². The third kappa shape index (κ3) is 4.78. The molecule has 3 heterocycles. The van der Waals surface area contributed by atoms with Crippen molar-refractivity contribution in [1.82, 2.24) is 19.1 Å². The van der Waals surface area contributed by atoms with E-state index in [0.717, 1.165) is 56.0 Å². The molecular weight excluding hydrogens is 657 g/mol. The quantitative estimate of drug-likeness (QED) is 0.180. The van der Waals surface area contributed by atoms with Gasteiger partial charge in [-0.3, -0.25) is 0 Å². The SMILES string of the molecule is c1ccc(-c2ccc3nc(-c4ccc(-n5c6ccccc6c6cc7c(cc65)c5ccccc5n7-c5ccccc5)cc4)c(-c4ccccc4)nc3c2)cc1.